The van der Waals surface area contributed by atoms with Gasteiger partial charge in [0.05, 0.1) is 22.4 Å². The van der Waals surface area contributed by atoms with Crippen molar-refractivity contribution in [3.8, 4) is 0 Å². The Kier molecular flexibility index (Phi) is 3.20. The molecule has 0 atom stereocenters. The van der Waals surface area contributed by atoms with E-state index in [-0.39, 0.29) is 0 Å². The Morgan fingerprint density at radius 3 is 2.89 bits per heavy atom. The zero-order chi connectivity index (χ0) is 13.1. The number of anilines is 1. The first-order valence-corrected chi connectivity index (χ1v) is 6.76. The molecule has 2 heterocycles. The highest BCUT2D eigenvalue weighted by molar-refractivity contribution is 7.09. The van der Waals surface area contributed by atoms with Gasteiger partial charge in [0.25, 0.3) is 0 Å². The van der Waals surface area contributed by atoms with Gasteiger partial charge in [0.15, 0.2) is 0 Å². The van der Waals surface area contributed by atoms with Crippen molar-refractivity contribution in [3.05, 3.63) is 52.5 Å². The number of nitrogens with one attached hydrogen (secondary N) is 1. The molecule has 0 spiro atoms. The van der Waals surface area contributed by atoms with E-state index in [9.17, 15) is 0 Å². The molecule has 0 unspecified atom stereocenters. The highest BCUT2D eigenvalue weighted by atomic mass is 32.1. The van der Waals surface area contributed by atoms with Crippen molar-refractivity contribution in [3.63, 3.8) is 0 Å². The molecule has 94 valence electrons. The standard InChI is InChI=1S/C14H12N4S/c1-10-16-12(9-19-10)8-15-18-14-7-6-11-4-2-3-5-13(11)17-14/h2-9H,1H3,(H,17,18). The lowest BCUT2D eigenvalue weighted by Crippen LogP contribution is -1.93. The number of rotatable bonds is 3. The van der Waals surface area contributed by atoms with Gasteiger partial charge in [-0.25, -0.2) is 9.97 Å². The average molecular weight is 268 g/mol. The van der Waals surface area contributed by atoms with E-state index in [4.69, 9.17) is 0 Å². The van der Waals surface area contributed by atoms with Crippen LogP contribution in [0.3, 0.4) is 0 Å². The number of hydrazone groups is 1. The molecular formula is C14H12N4S. The molecule has 4 nitrogen and oxygen atoms in total. The third-order valence-electron chi connectivity index (χ3n) is 2.61. The van der Waals surface area contributed by atoms with Crippen molar-refractivity contribution in [2.75, 3.05) is 5.43 Å². The molecule has 3 aromatic rings. The molecule has 0 bridgehead atoms. The number of nitrogens with zero attached hydrogens (tertiary/aromatic N) is 3. The fourth-order valence-corrected chi connectivity index (χ4v) is 2.30. The number of aromatic nitrogens is 2. The Hall–Kier alpha value is -2.27. The second-order valence-electron chi connectivity index (χ2n) is 4.05. The first-order chi connectivity index (χ1) is 9.31. The molecule has 5 heteroatoms. The molecule has 0 amide bonds. The molecular weight excluding hydrogens is 256 g/mol. The second kappa shape index (κ2) is 5.16. The monoisotopic (exact) mass is 268 g/mol. The third kappa shape index (κ3) is 2.77. The van der Waals surface area contributed by atoms with Crippen LogP contribution in [0.1, 0.15) is 10.7 Å². The molecule has 0 fully saturated rings. The van der Waals surface area contributed by atoms with Gasteiger partial charge in [0.2, 0.25) is 0 Å². The van der Waals surface area contributed by atoms with E-state index in [1.165, 1.54) is 0 Å². The summed E-state index contributed by atoms with van der Waals surface area (Å²) in [6.45, 7) is 1.97. The fraction of sp³-hybridized carbons (Fsp3) is 0.0714. The largest absolute Gasteiger partial charge is 0.261 e. The van der Waals surface area contributed by atoms with Gasteiger partial charge >= 0.3 is 0 Å². The van der Waals surface area contributed by atoms with Crippen LogP contribution < -0.4 is 5.43 Å². The van der Waals surface area contributed by atoms with E-state index >= 15 is 0 Å². The van der Waals surface area contributed by atoms with Crippen molar-refractivity contribution in [1.29, 1.82) is 0 Å². The second-order valence-corrected chi connectivity index (χ2v) is 5.11. The van der Waals surface area contributed by atoms with Crippen LogP contribution in [0, 0.1) is 6.92 Å². The lowest BCUT2D eigenvalue weighted by Gasteiger charge is -2.01. The predicted molar refractivity (Wildman–Crippen MR) is 79.8 cm³/mol. The molecule has 0 radical (unpaired) electrons. The fourth-order valence-electron chi connectivity index (χ4n) is 1.73. The maximum Gasteiger partial charge on any atom is 0.146 e. The summed E-state index contributed by atoms with van der Waals surface area (Å²) < 4.78 is 0. The minimum atomic E-state index is 0.724. The Morgan fingerprint density at radius 2 is 2.05 bits per heavy atom. The third-order valence-corrected chi connectivity index (χ3v) is 3.40. The summed E-state index contributed by atoms with van der Waals surface area (Å²) in [5.74, 6) is 0.724. The summed E-state index contributed by atoms with van der Waals surface area (Å²) in [7, 11) is 0. The summed E-state index contributed by atoms with van der Waals surface area (Å²) in [6, 6.07) is 11.9. The number of benzene rings is 1. The Balaban J connectivity index is 1.76. The molecule has 19 heavy (non-hydrogen) atoms. The molecule has 2 aromatic heterocycles. The van der Waals surface area contributed by atoms with E-state index in [0.29, 0.717) is 0 Å². The summed E-state index contributed by atoms with van der Waals surface area (Å²) in [5, 5.41) is 8.26. The summed E-state index contributed by atoms with van der Waals surface area (Å²) in [4.78, 5) is 8.77. The predicted octanol–water partition coefficient (Wildman–Crippen LogP) is 3.45. The molecule has 3 rings (SSSR count). The van der Waals surface area contributed by atoms with Crippen molar-refractivity contribution < 1.29 is 0 Å². The van der Waals surface area contributed by atoms with Crippen molar-refractivity contribution in [1.82, 2.24) is 9.97 Å². The molecule has 0 aliphatic heterocycles. The lowest BCUT2D eigenvalue weighted by atomic mass is 10.2. The number of hydrogen-bond donors (Lipinski definition) is 1. The van der Waals surface area contributed by atoms with Gasteiger partial charge in [-0.2, -0.15) is 5.10 Å². The van der Waals surface area contributed by atoms with Crippen molar-refractivity contribution in [2.24, 2.45) is 5.10 Å². The topological polar surface area (TPSA) is 50.2 Å². The molecule has 0 saturated carbocycles. The quantitative estimate of drug-likeness (QED) is 0.584. The highest BCUT2D eigenvalue weighted by Gasteiger charge is 1.96. The van der Waals surface area contributed by atoms with Crippen LogP contribution in [0.25, 0.3) is 10.9 Å². The molecule has 1 aromatic carbocycles. The van der Waals surface area contributed by atoms with Crippen LogP contribution in [0.15, 0.2) is 46.9 Å². The zero-order valence-electron chi connectivity index (χ0n) is 10.4. The lowest BCUT2D eigenvalue weighted by molar-refractivity contribution is 1.24. The first-order valence-electron chi connectivity index (χ1n) is 5.88. The Labute approximate surface area is 114 Å². The number of pyridine rings is 1. The van der Waals surface area contributed by atoms with E-state index in [1.807, 2.05) is 48.7 Å². The van der Waals surface area contributed by atoms with Crippen molar-refractivity contribution >= 4 is 34.3 Å². The molecule has 0 saturated heterocycles. The first kappa shape index (κ1) is 11.8. The van der Waals surface area contributed by atoms with E-state index in [0.717, 1.165) is 27.4 Å². The van der Waals surface area contributed by atoms with Crippen LogP contribution in [0.4, 0.5) is 5.82 Å². The van der Waals surface area contributed by atoms with Gasteiger partial charge in [-0.1, -0.05) is 18.2 Å². The van der Waals surface area contributed by atoms with E-state index < -0.39 is 0 Å². The van der Waals surface area contributed by atoms with Gasteiger partial charge in [0, 0.05) is 10.8 Å². The number of aryl methyl sites for hydroxylation is 1. The van der Waals surface area contributed by atoms with Crippen LogP contribution in [0.5, 0.6) is 0 Å². The molecule has 0 aliphatic carbocycles. The Bertz CT molecular complexity index is 733. The highest BCUT2D eigenvalue weighted by Crippen LogP contribution is 2.14. The molecule has 0 aliphatic rings. The van der Waals surface area contributed by atoms with Crippen LogP contribution in [-0.2, 0) is 0 Å². The number of hydrogen-bond acceptors (Lipinski definition) is 5. The summed E-state index contributed by atoms with van der Waals surface area (Å²) >= 11 is 1.61. The zero-order valence-corrected chi connectivity index (χ0v) is 11.2. The molecule has 1 N–H and O–H groups in total. The summed E-state index contributed by atoms with van der Waals surface area (Å²) in [5.41, 5.74) is 4.73. The SMILES string of the molecule is Cc1nc(C=NNc2ccc3ccccc3n2)cs1. The normalized spacial score (nSPS) is 11.2. The number of fused-ring (bicyclic) bond motifs is 1. The average Bonchev–Trinajstić information content (AvgIpc) is 2.84. The van der Waals surface area contributed by atoms with Gasteiger partial charge in [-0.3, -0.25) is 5.43 Å². The van der Waals surface area contributed by atoms with E-state index in [1.54, 1.807) is 17.6 Å². The number of thiazole rings is 1. The summed E-state index contributed by atoms with van der Waals surface area (Å²) in [6.07, 6.45) is 1.69. The van der Waals surface area contributed by atoms with Crippen LogP contribution >= 0.6 is 11.3 Å². The van der Waals surface area contributed by atoms with Crippen molar-refractivity contribution in [2.45, 2.75) is 6.92 Å². The Morgan fingerprint density at radius 1 is 1.16 bits per heavy atom. The number of para-hydroxylation sites is 1. The smallest absolute Gasteiger partial charge is 0.146 e. The minimum absolute atomic E-state index is 0.724. The maximum absolute atomic E-state index is 4.47. The van der Waals surface area contributed by atoms with Gasteiger partial charge in [-0.15, -0.1) is 11.3 Å². The van der Waals surface area contributed by atoms with Gasteiger partial charge in [-0.05, 0) is 25.1 Å². The van der Waals surface area contributed by atoms with Crippen LogP contribution in [-0.4, -0.2) is 16.2 Å². The van der Waals surface area contributed by atoms with Gasteiger partial charge < -0.3 is 0 Å². The van der Waals surface area contributed by atoms with Gasteiger partial charge in [0.1, 0.15) is 5.82 Å². The minimum Gasteiger partial charge on any atom is -0.261 e. The van der Waals surface area contributed by atoms with E-state index in [2.05, 4.69) is 20.5 Å². The van der Waals surface area contributed by atoms with Crippen LogP contribution in [0.2, 0.25) is 0 Å². The maximum atomic E-state index is 4.47.